The van der Waals surface area contributed by atoms with Crippen LogP contribution in [0, 0.1) is 0 Å². The Hall–Kier alpha value is -2.59. The molecule has 1 atom stereocenters. The Morgan fingerprint density at radius 3 is 2.54 bits per heavy atom. The average Bonchev–Trinajstić information content (AvgIpc) is 2.64. The molecule has 0 unspecified atom stereocenters. The van der Waals surface area contributed by atoms with E-state index >= 15 is 0 Å². The molecular formula is C23H22ClNO3. The molecule has 5 heteroatoms. The average molecular weight is 396 g/mol. The van der Waals surface area contributed by atoms with Crippen molar-refractivity contribution in [2.24, 2.45) is 0 Å². The lowest BCUT2D eigenvalue weighted by Gasteiger charge is -2.45. The highest BCUT2D eigenvalue weighted by atomic mass is 35.5. The molecule has 3 aromatic rings. The number of anilines is 1. The molecule has 0 radical (unpaired) electrons. The van der Waals surface area contributed by atoms with Crippen molar-refractivity contribution in [2.75, 3.05) is 11.9 Å². The first-order chi connectivity index (χ1) is 13.2. The number of carbonyl (C=O) groups is 1. The van der Waals surface area contributed by atoms with E-state index in [9.17, 15) is 9.59 Å². The standard InChI is InChI=1S/C23H22ClNO3/c1-13-12-23(2,3)25(4)19-11-20-15(9-17(13)19)10-18(22(27)28-20)21(26)14-5-7-16(24)8-6-14/h5-11,13H,12H2,1-4H3/t13-/m0/s1. The van der Waals surface area contributed by atoms with Crippen molar-refractivity contribution in [2.45, 2.75) is 38.6 Å². The molecule has 1 aliphatic heterocycles. The molecule has 0 bridgehead atoms. The maximum Gasteiger partial charge on any atom is 0.347 e. The van der Waals surface area contributed by atoms with Gasteiger partial charge in [-0.15, -0.1) is 0 Å². The highest BCUT2D eigenvalue weighted by Gasteiger charge is 2.34. The van der Waals surface area contributed by atoms with Gasteiger partial charge in [0.05, 0.1) is 0 Å². The fourth-order valence-corrected chi connectivity index (χ4v) is 4.22. The van der Waals surface area contributed by atoms with Crippen LogP contribution in [0.1, 0.15) is 54.6 Å². The molecule has 1 aromatic heterocycles. The van der Waals surface area contributed by atoms with E-state index in [-0.39, 0.29) is 16.9 Å². The Morgan fingerprint density at radius 2 is 1.86 bits per heavy atom. The van der Waals surface area contributed by atoms with Crippen molar-refractivity contribution in [1.29, 1.82) is 0 Å². The predicted molar refractivity (Wildman–Crippen MR) is 113 cm³/mol. The van der Waals surface area contributed by atoms with Gasteiger partial charge in [0, 0.05) is 40.3 Å². The zero-order valence-corrected chi connectivity index (χ0v) is 17.1. The SMILES string of the molecule is C[C@H]1CC(C)(C)N(C)c2cc3oc(=O)c(C(=O)c4ccc(Cl)cc4)cc3cc21. The number of hydrogen-bond acceptors (Lipinski definition) is 4. The Kier molecular flexibility index (Phi) is 4.35. The summed E-state index contributed by atoms with van der Waals surface area (Å²) in [5, 5.41) is 1.30. The van der Waals surface area contributed by atoms with E-state index in [0.717, 1.165) is 17.5 Å². The molecule has 28 heavy (non-hydrogen) atoms. The van der Waals surface area contributed by atoms with Gasteiger partial charge < -0.3 is 9.32 Å². The minimum atomic E-state index is -0.627. The van der Waals surface area contributed by atoms with Gasteiger partial charge in [-0.1, -0.05) is 18.5 Å². The van der Waals surface area contributed by atoms with Crippen molar-refractivity contribution in [3.05, 3.63) is 74.6 Å². The molecule has 0 amide bonds. The molecule has 0 aliphatic carbocycles. The smallest absolute Gasteiger partial charge is 0.347 e. The normalized spacial score (nSPS) is 18.2. The Bertz CT molecular complexity index is 1140. The zero-order chi connectivity index (χ0) is 20.2. The maximum absolute atomic E-state index is 12.8. The Balaban J connectivity index is 1.86. The number of ketones is 1. The maximum atomic E-state index is 12.8. The largest absolute Gasteiger partial charge is 0.422 e. The second-order valence-corrected chi connectivity index (χ2v) is 8.65. The van der Waals surface area contributed by atoms with Crippen LogP contribution in [0.2, 0.25) is 5.02 Å². The van der Waals surface area contributed by atoms with Crippen LogP contribution in [0.25, 0.3) is 11.0 Å². The van der Waals surface area contributed by atoms with Crippen molar-refractivity contribution >= 4 is 34.0 Å². The van der Waals surface area contributed by atoms with Gasteiger partial charge in [-0.05, 0) is 68.1 Å². The van der Waals surface area contributed by atoms with Crippen LogP contribution < -0.4 is 10.5 Å². The fraction of sp³-hybridized carbons (Fsp3) is 0.304. The van der Waals surface area contributed by atoms with Gasteiger partial charge in [0.2, 0.25) is 0 Å². The number of hydrogen-bond donors (Lipinski definition) is 0. The number of rotatable bonds is 2. The molecule has 4 rings (SSSR count). The van der Waals surface area contributed by atoms with Gasteiger partial charge in [0.15, 0.2) is 5.78 Å². The summed E-state index contributed by atoms with van der Waals surface area (Å²) in [5.74, 6) is 0.00396. The second kappa shape index (κ2) is 6.49. The van der Waals surface area contributed by atoms with Crippen molar-refractivity contribution < 1.29 is 9.21 Å². The highest BCUT2D eigenvalue weighted by Crippen LogP contribution is 2.43. The Morgan fingerprint density at radius 1 is 1.18 bits per heavy atom. The predicted octanol–water partition coefficient (Wildman–Crippen LogP) is 5.40. The van der Waals surface area contributed by atoms with E-state index in [1.807, 2.05) is 12.1 Å². The third-order valence-electron chi connectivity index (χ3n) is 5.84. The summed E-state index contributed by atoms with van der Waals surface area (Å²) >= 11 is 5.89. The molecule has 0 fully saturated rings. The van der Waals surface area contributed by atoms with Gasteiger partial charge >= 0.3 is 5.63 Å². The topological polar surface area (TPSA) is 50.5 Å². The number of benzene rings is 2. The van der Waals surface area contributed by atoms with E-state index in [1.165, 1.54) is 5.56 Å². The van der Waals surface area contributed by atoms with Crippen molar-refractivity contribution in [3.63, 3.8) is 0 Å². The van der Waals surface area contributed by atoms with Crippen molar-refractivity contribution in [3.8, 4) is 0 Å². The molecule has 144 valence electrons. The summed E-state index contributed by atoms with van der Waals surface area (Å²) in [6, 6.07) is 12.1. The molecule has 2 aromatic carbocycles. The molecule has 2 heterocycles. The lowest BCUT2D eigenvalue weighted by Crippen LogP contribution is -2.45. The number of halogens is 1. The van der Waals surface area contributed by atoms with Gasteiger partial charge in [-0.3, -0.25) is 4.79 Å². The minimum Gasteiger partial charge on any atom is -0.422 e. The molecule has 0 saturated heterocycles. The molecule has 4 nitrogen and oxygen atoms in total. The summed E-state index contributed by atoms with van der Waals surface area (Å²) in [6.45, 7) is 6.62. The minimum absolute atomic E-state index is 0.0187. The van der Waals surface area contributed by atoms with Gasteiger partial charge in [-0.25, -0.2) is 4.79 Å². The molecule has 1 aliphatic rings. The van der Waals surface area contributed by atoms with Crippen LogP contribution in [0.4, 0.5) is 5.69 Å². The monoisotopic (exact) mass is 395 g/mol. The number of nitrogens with zero attached hydrogens (tertiary/aromatic N) is 1. The molecular weight excluding hydrogens is 374 g/mol. The lowest BCUT2D eigenvalue weighted by atomic mass is 9.80. The summed E-state index contributed by atoms with van der Waals surface area (Å²) in [5.41, 5.74) is 2.59. The van der Waals surface area contributed by atoms with Crippen LogP contribution in [0.15, 0.2) is 51.7 Å². The molecule has 0 spiro atoms. The lowest BCUT2D eigenvalue weighted by molar-refractivity contribution is 0.103. The quantitative estimate of drug-likeness (QED) is 0.430. The van der Waals surface area contributed by atoms with Crippen LogP contribution in [-0.4, -0.2) is 18.4 Å². The number of carbonyl (C=O) groups excluding carboxylic acids is 1. The highest BCUT2D eigenvalue weighted by molar-refractivity contribution is 6.30. The summed E-state index contributed by atoms with van der Waals surface area (Å²) in [6.07, 6.45) is 1.02. The van der Waals surface area contributed by atoms with Gasteiger partial charge in [-0.2, -0.15) is 0 Å². The van der Waals surface area contributed by atoms with Crippen LogP contribution in [-0.2, 0) is 0 Å². The third-order valence-corrected chi connectivity index (χ3v) is 6.09. The van der Waals surface area contributed by atoms with E-state index in [1.54, 1.807) is 30.3 Å². The van der Waals surface area contributed by atoms with Crippen molar-refractivity contribution in [1.82, 2.24) is 0 Å². The zero-order valence-electron chi connectivity index (χ0n) is 16.4. The fourth-order valence-electron chi connectivity index (χ4n) is 4.10. The summed E-state index contributed by atoms with van der Waals surface area (Å²) < 4.78 is 5.55. The number of fused-ring (bicyclic) bond motifs is 2. The summed E-state index contributed by atoms with van der Waals surface area (Å²) in [7, 11) is 2.06. The van der Waals surface area contributed by atoms with E-state index in [4.69, 9.17) is 16.0 Å². The molecule has 0 N–H and O–H groups in total. The van der Waals surface area contributed by atoms with Crippen LogP contribution in [0.5, 0.6) is 0 Å². The van der Waals surface area contributed by atoms with E-state index in [2.05, 4.69) is 32.7 Å². The first kappa shape index (κ1) is 18.8. The first-order valence-corrected chi connectivity index (χ1v) is 9.71. The van der Waals surface area contributed by atoms with E-state index < -0.39 is 5.63 Å². The van der Waals surface area contributed by atoms with Gasteiger partial charge in [0.25, 0.3) is 0 Å². The summed E-state index contributed by atoms with van der Waals surface area (Å²) in [4.78, 5) is 27.6. The third kappa shape index (κ3) is 3.02. The van der Waals surface area contributed by atoms with Crippen LogP contribution in [0.3, 0.4) is 0 Å². The van der Waals surface area contributed by atoms with Gasteiger partial charge in [0.1, 0.15) is 11.1 Å². The molecule has 0 saturated carbocycles. The Labute approximate surface area is 168 Å². The first-order valence-electron chi connectivity index (χ1n) is 9.33. The van der Waals surface area contributed by atoms with E-state index in [0.29, 0.717) is 22.1 Å². The van der Waals surface area contributed by atoms with Crippen LogP contribution >= 0.6 is 11.6 Å². The second-order valence-electron chi connectivity index (χ2n) is 8.21.